The van der Waals surface area contributed by atoms with Crippen LogP contribution in [0.2, 0.25) is 0 Å². The summed E-state index contributed by atoms with van der Waals surface area (Å²) < 4.78 is 0. The lowest BCUT2D eigenvalue weighted by molar-refractivity contribution is -0.130. The standard InChI is InChI=1S/C11H16O/c1-2-3-4-8-5-9-7-11(12)10(9)6-8/h6,9-10H,2-5,7H2,1H3/t9-,10+/m0/s1. The van der Waals surface area contributed by atoms with E-state index in [4.69, 9.17) is 0 Å². The van der Waals surface area contributed by atoms with E-state index in [0.29, 0.717) is 17.6 Å². The van der Waals surface area contributed by atoms with Crippen LogP contribution >= 0.6 is 0 Å². The van der Waals surface area contributed by atoms with Crippen molar-refractivity contribution in [1.29, 1.82) is 0 Å². The summed E-state index contributed by atoms with van der Waals surface area (Å²) in [6, 6.07) is 0. The van der Waals surface area contributed by atoms with Gasteiger partial charge in [0, 0.05) is 12.3 Å². The maximum atomic E-state index is 11.1. The third kappa shape index (κ3) is 1.21. The van der Waals surface area contributed by atoms with E-state index >= 15 is 0 Å². The maximum absolute atomic E-state index is 11.1. The minimum absolute atomic E-state index is 0.344. The fourth-order valence-corrected chi connectivity index (χ4v) is 2.30. The molecule has 0 aromatic heterocycles. The van der Waals surface area contributed by atoms with Gasteiger partial charge in [-0.25, -0.2) is 0 Å². The molecular formula is C11H16O. The number of rotatable bonds is 3. The van der Waals surface area contributed by atoms with Crippen molar-refractivity contribution in [2.75, 3.05) is 0 Å². The molecule has 1 fully saturated rings. The van der Waals surface area contributed by atoms with Gasteiger partial charge in [0.25, 0.3) is 0 Å². The second kappa shape index (κ2) is 3.04. The summed E-state index contributed by atoms with van der Waals surface area (Å²) in [6.07, 6.45) is 8.11. The zero-order chi connectivity index (χ0) is 8.55. The molecule has 0 aromatic rings. The fourth-order valence-electron chi connectivity index (χ4n) is 2.30. The Morgan fingerprint density at radius 3 is 2.92 bits per heavy atom. The van der Waals surface area contributed by atoms with E-state index in [1.807, 2.05) is 0 Å². The Morgan fingerprint density at radius 2 is 2.33 bits per heavy atom. The van der Waals surface area contributed by atoms with Gasteiger partial charge >= 0.3 is 0 Å². The SMILES string of the molecule is CCCCC1=C[C@H]2C(=O)C[C@@H]2C1. The van der Waals surface area contributed by atoms with Gasteiger partial charge in [-0.1, -0.05) is 25.0 Å². The smallest absolute Gasteiger partial charge is 0.140 e. The van der Waals surface area contributed by atoms with Crippen molar-refractivity contribution in [2.24, 2.45) is 11.8 Å². The molecule has 0 bridgehead atoms. The number of allylic oxidation sites excluding steroid dienone is 2. The highest BCUT2D eigenvalue weighted by molar-refractivity contribution is 5.90. The van der Waals surface area contributed by atoms with Crippen molar-refractivity contribution >= 4 is 5.78 Å². The van der Waals surface area contributed by atoms with Crippen LogP contribution in [0, 0.1) is 11.8 Å². The summed E-state index contributed by atoms with van der Waals surface area (Å²) in [6.45, 7) is 2.22. The van der Waals surface area contributed by atoms with E-state index in [0.717, 1.165) is 6.42 Å². The molecule has 2 aliphatic carbocycles. The van der Waals surface area contributed by atoms with E-state index < -0.39 is 0 Å². The summed E-state index contributed by atoms with van der Waals surface area (Å²) >= 11 is 0. The fraction of sp³-hybridized carbons (Fsp3) is 0.727. The molecule has 0 amide bonds. The first kappa shape index (κ1) is 8.03. The molecule has 2 atom stereocenters. The number of ketones is 1. The number of fused-ring (bicyclic) bond motifs is 1. The largest absolute Gasteiger partial charge is 0.299 e. The Kier molecular flexibility index (Phi) is 2.03. The van der Waals surface area contributed by atoms with Crippen LogP contribution in [-0.2, 0) is 4.79 Å². The quantitative estimate of drug-likeness (QED) is 0.586. The molecule has 12 heavy (non-hydrogen) atoms. The Hall–Kier alpha value is -0.590. The van der Waals surface area contributed by atoms with Gasteiger partial charge in [-0.05, 0) is 25.2 Å². The number of carbonyl (C=O) groups is 1. The second-order valence-corrected chi connectivity index (χ2v) is 4.09. The average Bonchev–Trinajstić information content (AvgIpc) is 2.39. The number of hydrogen-bond acceptors (Lipinski definition) is 1. The molecule has 1 heteroatoms. The van der Waals surface area contributed by atoms with Gasteiger partial charge in [0.1, 0.15) is 5.78 Å². The van der Waals surface area contributed by atoms with Crippen molar-refractivity contribution in [2.45, 2.75) is 39.0 Å². The highest BCUT2D eigenvalue weighted by Gasteiger charge is 2.41. The lowest BCUT2D eigenvalue weighted by Gasteiger charge is -2.27. The molecule has 0 aromatic carbocycles. The van der Waals surface area contributed by atoms with Crippen molar-refractivity contribution in [3.05, 3.63) is 11.6 Å². The molecule has 66 valence electrons. The van der Waals surface area contributed by atoms with Gasteiger partial charge in [-0.15, -0.1) is 0 Å². The highest BCUT2D eigenvalue weighted by Crippen LogP contribution is 2.43. The van der Waals surface area contributed by atoms with Crippen LogP contribution in [0.15, 0.2) is 11.6 Å². The summed E-state index contributed by atoms with van der Waals surface area (Å²) in [5.74, 6) is 1.53. The highest BCUT2D eigenvalue weighted by atomic mass is 16.1. The minimum Gasteiger partial charge on any atom is -0.299 e. The predicted octanol–water partition coefficient (Wildman–Crippen LogP) is 2.71. The lowest BCUT2D eigenvalue weighted by Crippen LogP contribution is -2.32. The van der Waals surface area contributed by atoms with Crippen molar-refractivity contribution in [1.82, 2.24) is 0 Å². The van der Waals surface area contributed by atoms with E-state index in [2.05, 4.69) is 13.0 Å². The number of unbranched alkanes of at least 4 members (excludes halogenated alkanes) is 1. The first-order valence-corrected chi connectivity index (χ1v) is 5.03. The zero-order valence-electron chi connectivity index (χ0n) is 7.68. The zero-order valence-corrected chi connectivity index (χ0v) is 7.68. The van der Waals surface area contributed by atoms with E-state index in [1.165, 1.54) is 25.7 Å². The molecule has 0 unspecified atom stereocenters. The average molecular weight is 164 g/mol. The molecule has 0 N–H and O–H groups in total. The van der Waals surface area contributed by atoms with Gasteiger partial charge < -0.3 is 0 Å². The van der Waals surface area contributed by atoms with E-state index in [9.17, 15) is 4.79 Å². The number of carbonyl (C=O) groups excluding carboxylic acids is 1. The molecule has 1 nitrogen and oxygen atoms in total. The minimum atomic E-state index is 0.344. The van der Waals surface area contributed by atoms with Crippen molar-refractivity contribution in [3.63, 3.8) is 0 Å². The van der Waals surface area contributed by atoms with E-state index in [-0.39, 0.29) is 0 Å². The summed E-state index contributed by atoms with van der Waals surface area (Å²) in [4.78, 5) is 11.1. The van der Waals surface area contributed by atoms with Crippen molar-refractivity contribution in [3.8, 4) is 0 Å². The van der Waals surface area contributed by atoms with Crippen molar-refractivity contribution < 1.29 is 4.79 Å². The van der Waals surface area contributed by atoms with Crippen LogP contribution < -0.4 is 0 Å². The normalized spacial score (nSPS) is 32.8. The molecule has 2 aliphatic rings. The van der Waals surface area contributed by atoms with Gasteiger partial charge in [0.05, 0.1) is 0 Å². The van der Waals surface area contributed by atoms with Gasteiger partial charge in [0.2, 0.25) is 0 Å². The Labute approximate surface area is 73.8 Å². The number of Topliss-reactive ketones (excluding diaryl/α,β-unsaturated/α-hetero) is 1. The molecule has 0 radical (unpaired) electrons. The topological polar surface area (TPSA) is 17.1 Å². The Bertz CT molecular complexity index is 227. The lowest BCUT2D eigenvalue weighted by atomic mass is 9.75. The van der Waals surface area contributed by atoms with Crippen LogP contribution in [0.25, 0.3) is 0 Å². The number of hydrogen-bond donors (Lipinski definition) is 0. The van der Waals surface area contributed by atoms with Crippen LogP contribution in [-0.4, -0.2) is 5.78 Å². The molecule has 0 spiro atoms. The molecule has 0 aliphatic heterocycles. The van der Waals surface area contributed by atoms with E-state index in [1.54, 1.807) is 5.57 Å². The first-order chi connectivity index (χ1) is 5.81. The second-order valence-electron chi connectivity index (χ2n) is 4.09. The monoisotopic (exact) mass is 164 g/mol. The van der Waals surface area contributed by atoms with Crippen LogP contribution in [0.4, 0.5) is 0 Å². The summed E-state index contributed by atoms with van der Waals surface area (Å²) in [5.41, 5.74) is 1.55. The third-order valence-corrected chi connectivity index (χ3v) is 3.13. The molecule has 0 saturated heterocycles. The molecular weight excluding hydrogens is 148 g/mol. The van der Waals surface area contributed by atoms with Gasteiger partial charge in [-0.3, -0.25) is 4.79 Å². The van der Waals surface area contributed by atoms with Gasteiger partial charge in [0.15, 0.2) is 0 Å². The Morgan fingerprint density at radius 1 is 1.50 bits per heavy atom. The van der Waals surface area contributed by atoms with Gasteiger partial charge in [-0.2, -0.15) is 0 Å². The Balaban J connectivity index is 1.89. The van der Waals surface area contributed by atoms with Crippen LogP contribution in [0.3, 0.4) is 0 Å². The maximum Gasteiger partial charge on any atom is 0.140 e. The summed E-state index contributed by atoms with van der Waals surface area (Å²) in [7, 11) is 0. The summed E-state index contributed by atoms with van der Waals surface area (Å²) in [5, 5.41) is 0. The van der Waals surface area contributed by atoms with Crippen LogP contribution in [0.1, 0.15) is 39.0 Å². The molecule has 2 rings (SSSR count). The third-order valence-electron chi connectivity index (χ3n) is 3.13. The molecule has 1 saturated carbocycles. The van der Waals surface area contributed by atoms with Crippen LogP contribution in [0.5, 0.6) is 0 Å². The molecule has 0 heterocycles. The predicted molar refractivity (Wildman–Crippen MR) is 48.8 cm³/mol. The first-order valence-electron chi connectivity index (χ1n) is 5.03.